The van der Waals surface area contributed by atoms with Crippen LogP contribution in [0.4, 0.5) is 0 Å². The van der Waals surface area contributed by atoms with E-state index in [4.69, 9.17) is 0 Å². The summed E-state index contributed by atoms with van der Waals surface area (Å²) in [6.07, 6.45) is 3.71. The standard InChI is InChI=1S/C15H17BrN2/c1-11(13-6-5-9-17-10-13)18-12(2)14-7-3-4-8-15(14)16/h3-12,18H,1-2H3/t11-,12?/m1/s1. The van der Waals surface area contributed by atoms with Crippen LogP contribution in [0.2, 0.25) is 0 Å². The van der Waals surface area contributed by atoms with Gasteiger partial charge in [-0.25, -0.2) is 0 Å². The summed E-state index contributed by atoms with van der Waals surface area (Å²) in [7, 11) is 0. The molecule has 1 unspecified atom stereocenters. The average Bonchev–Trinajstić information content (AvgIpc) is 2.40. The molecule has 0 spiro atoms. The number of nitrogens with zero attached hydrogens (tertiary/aromatic N) is 1. The average molecular weight is 305 g/mol. The third kappa shape index (κ3) is 3.18. The molecular formula is C15H17BrN2. The van der Waals surface area contributed by atoms with Crippen molar-refractivity contribution in [1.82, 2.24) is 10.3 Å². The lowest BCUT2D eigenvalue weighted by molar-refractivity contribution is 0.492. The lowest BCUT2D eigenvalue weighted by atomic mass is 10.1. The van der Waals surface area contributed by atoms with Crippen molar-refractivity contribution < 1.29 is 0 Å². The Morgan fingerprint density at radius 3 is 2.50 bits per heavy atom. The van der Waals surface area contributed by atoms with Crippen LogP contribution in [-0.2, 0) is 0 Å². The van der Waals surface area contributed by atoms with Crippen molar-refractivity contribution in [2.45, 2.75) is 25.9 Å². The molecule has 0 saturated carbocycles. The maximum Gasteiger partial charge on any atom is 0.0315 e. The van der Waals surface area contributed by atoms with Crippen LogP contribution in [0.25, 0.3) is 0 Å². The van der Waals surface area contributed by atoms with Crippen molar-refractivity contribution in [2.24, 2.45) is 0 Å². The van der Waals surface area contributed by atoms with Crippen molar-refractivity contribution in [2.75, 3.05) is 0 Å². The number of halogens is 1. The summed E-state index contributed by atoms with van der Waals surface area (Å²) in [6.45, 7) is 4.33. The van der Waals surface area contributed by atoms with Gasteiger partial charge in [-0.2, -0.15) is 0 Å². The molecule has 0 saturated heterocycles. The molecule has 1 aromatic carbocycles. The predicted octanol–water partition coefficient (Wildman–Crippen LogP) is 4.26. The van der Waals surface area contributed by atoms with Crippen LogP contribution in [0.5, 0.6) is 0 Å². The van der Waals surface area contributed by atoms with Crippen LogP contribution in [0.15, 0.2) is 53.3 Å². The molecule has 2 nitrogen and oxygen atoms in total. The van der Waals surface area contributed by atoms with Crippen LogP contribution in [0.1, 0.15) is 37.1 Å². The van der Waals surface area contributed by atoms with Gasteiger partial charge >= 0.3 is 0 Å². The Morgan fingerprint density at radius 2 is 1.83 bits per heavy atom. The van der Waals surface area contributed by atoms with E-state index < -0.39 is 0 Å². The van der Waals surface area contributed by atoms with Crippen molar-refractivity contribution in [3.63, 3.8) is 0 Å². The quantitative estimate of drug-likeness (QED) is 0.913. The second kappa shape index (κ2) is 6.12. The molecule has 0 bridgehead atoms. The molecular weight excluding hydrogens is 288 g/mol. The third-order valence-corrected chi connectivity index (χ3v) is 3.78. The Bertz CT molecular complexity index is 499. The Kier molecular flexibility index (Phi) is 4.50. The summed E-state index contributed by atoms with van der Waals surface area (Å²) < 4.78 is 1.14. The second-order valence-electron chi connectivity index (χ2n) is 4.42. The van der Waals surface area contributed by atoms with E-state index in [0.29, 0.717) is 0 Å². The summed E-state index contributed by atoms with van der Waals surface area (Å²) in [5.74, 6) is 0. The molecule has 0 aliphatic heterocycles. The van der Waals surface area contributed by atoms with Gasteiger partial charge in [0.2, 0.25) is 0 Å². The monoisotopic (exact) mass is 304 g/mol. The van der Waals surface area contributed by atoms with Gasteiger partial charge in [-0.1, -0.05) is 40.2 Å². The first-order valence-corrected chi connectivity index (χ1v) is 6.88. The fourth-order valence-corrected chi connectivity index (χ4v) is 2.65. The van der Waals surface area contributed by atoms with Crippen molar-refractivity contribution in [3.8, 4) is 0 Å². The van der Waals surface area contributed by atoms with E-state index in [1.165, 1.54) is 11.1 Å². The number of nitrogens with one attached hydrogen (secondary N) is 1. The summed E-state index contributed by atoms with van der Waals surface area (Å²) in [5, 5.41) is 3.58. The highest BCUT2D eigenvalue weighted by atomic mass is 79.9. The van der Waals surface area contributed by atoms with Crippen LogP contribution < -0.4 is 5.32 Å². The molecule has 0 amide bonds. The van der Waals surface area contributed by atoms with Crippen LogP contribution in [-0.4, -0.2) is 4.98 Å². The maximum atomic E-state index is 4.15. The zero-order chi connectivity index (χ0) is 13.0. The minimum Gasteiger partial charge on any atom is -0.304 e. The molecule has 18 heavy (non-hydrogen) atoms. The summed E-state index contributed by atoms with van der Waals surface area (Å²) >= 11 is 3.59. The lowest BCUT2D eigenvalue weighted by Crippen LogP contribution is -2.22. The van der Waals surface area contributed by atoms with E-state index in [1.807, 2.05) is 18.3 Å². The number of pyridine rings is 1. The summed E-state index contributed by atoms with van der Waals surface area (Å²) in [5.41, 5.74) is 2.48. The molecule has 0 fully saturated rings. The molecule has 1 N–H and O–H groups in total. The molecule has 1 aromatic heterocycles. The molecule has 94 valence electrons. The predicted molar refractivity (Wildman–Crippen MR) is 78.3 cm³/mol. The summed E-state index contributed by atoms with van der Waals surface area (Å²) in [6, 6.07) is 12.9. The van der Waals surface area contributed by atoms with Crippen LogP contribution in [0, 0.1) is 0 Å². The van der Waals surface area contributed by atoms with Gasteiger partial charge in [0.1, 0.15) is 0 Å². The molecule has 2 aromatic rings. The molecule has 0 radical (unpaired) electrons. The van der Waals surface area contributed by atoms with Gasteiger partial charge in [0.05, 0.1) is 0 Å². The minimum absolute atomic E-state index is 0.279. The van der Waals surface area contributed by atoms with Gasteiger partial charge in [-0.15, -0.1) is 0 Å². The Hall–Kier alpha value is -1.19. The van der Waals surface area contributed by atoms with Gasteiger partial charge < -0.3 is 5.32 Å². The molecule has 2 rings (SSSR count). The van der Waals surface area contributed by atoms with Crippen molar-refractivity contribution in [3.05, 3.63) is 64.4 Å². The largest absolute Gasteiger partial charge is 0.304 e. The molecule has 1 heterocycles. The minimum atomic E-state index is 0.279. The Labute approximate surface area is 117 Å². The number of rotatable bonds is 4. The number of benzene rings is 1. The highest BCUT2D eigenvalue weighted by Gasteiger charge is 2.12. The van der Waals surface area contributed by atoms with E-state index in [0.717, 1.165) is 4.47 Å². The van der Waals surface area contributed by atoms with Gasteiger partial charge in [-0.05, 0) is 37.1 Å². The zero-order valence-corrected chi connectivity index (χ0v) is 12.2. The van der Waals surface area contributed by atoms with Gasteiger partial charge in [0.15, 0.2) is 0 Å². The Morgan fingerprint density at radius 1 is 1.06 bits per heavy atom. The van der Waals surface area contributed by atoms with E-state index in [1.54, 1.807) is 6.20 Å². The molecule has 3 heteroatoms. The first-order chi connectivity index (χ1) is 8.68. The molecule has 0 aliphatic rings. The van der Waals surface area contributed by atoms with E-state index in [9.17, 15) is 0 Å². The normalized spacial score (nSPS) is 14.2. The smallest absolute Gasteiger partial charge is 0.0315 e. The van der Waals surface area contributed by atoms with Crippen LogP contribution >= 0.6 is 15.9 Å². The third-order valence-electron chi connectivity index (χ3n) is 3.06. The number of hydrogen-bond acceptors (Lipinski definition) is 2. The van der Waals surface area contributed by atoms with E-state index in [2.05, 4.69) is 64.3 Å². The van der Waals surface area contributed by atoms with E-state index >= 15 is 0 Å². The number of aromatic nitrogens is 1. The summed E-state index contributed by atoms with van der Waals surface area (Å²) in [4.78, 5) is 4.15. The van der Waals surface area contributed by atoms with Crippen molar-refractivity contribution >= 4 is 15.9 Å². The fourth-order valence-electron chi connectivity index (χ4n) is 2.02. The SMILES string of the molecule is CC(N[C@H](C)c1cccnc1)c1ccccc1Br. The van der Waals surface area contributed by atoms with Gasteiger partial charge in [0.25, 0.3) is 0 Å². The highest BCUT2D eigenvalue weighted by Crippen LogP contribution is 2.25. The van der Waals surface area contributed by atoms with Crippen LogP contribution in [0.3, 0.4) is 0 Å². The first-order valence-electron chi connectivity index (χ1n) is 6.09. The number of hydrogen-bond donors (Lipinski definition) is 1. The lowest BCUT2D eigenvalue weighted by Gasteiger charge is -2.21. The van der Waals surface area contributed by atoms with E-state index in [-0.39, 0.29) is 12.1 Å². The topological polar surface area (TPSA) is 24.9 Å². The molecule has 2 atom stereocenters. The molecule has 0 aliphatic carbocycles. The fraction of sp³-hybridized carbons (Fsp3) is 0.267. The van der Waals surface area contributed by atoms with Gasteiger partial charge in [-0.3, -0.25) is 4.98 Å². The first kappa shape index (κ1) is 13.2. The highest BCUT2D eigenvalue weighted by molar-refractivity contribution is 9.10. The van der Waals surface area contributed by atoms with Gasteiger partial charge in [0, 0.05) is 29.0 Å². The zero-order valence-electron chi connectivity index (χ0n) is 10.6. The Balaban J connectivity index is 2.08. The van der Waals surface area contributed by atoms with Crippen molar-refractivity contribution in [1.29, 1.82) is 0 Å². The second-order valence-corrected chi connectivity index (χ2v) is 5.27. The maximum absolute atomic E-state index is 4.15.